The Morgan fingerprint density at radius 1 is 1.55 bits per heavy atom. The Kier molecular flexibility index (Phi) is 2.66. The molecule has 1 nitrogen and oxygen atoms in total. The first kappa shape index (κ1) is 8.28. The summed E-state index contributed by atoms with van der Waals surface area (Å²) in [6, 6.07) is 7.92. The molecule has 0 saturated heterocycles. The number of hydrogen-bond acceptors (Lipinski definition) is 1. The summed E-state index contributed by atoms with van der Waals surface area (Å²) in [7, 11) is 0. The van der Waals surface area contributed by atoms with Gasteiger partial charge in [-0.3, -0.25) is 0 Å². The molecule has 0 aliphatic heterocycles. The van der Waals surface area contributed by atoms with Crippen LogP contribution in [-0.4, -0.2) is 11.7 Å². The van der Waals surface area contributed by atoms with Gasteiger partial charge >= 0.3 is 0 Å². The molecule has 0 aliphatic rings. The third-order valence-corrected chi connectivity index (χ3v) is 1.79. The van der Waals surface area contributed by atoms with Crippen molar-refractivity contribution in [3.05, 3.63) is 42.3 Å². The largest absolute Gasteiger partial charge is 0.396 e. The van der Waals surface area contributed by atoms with Gasteiger partial charge in [0.25, 0.3) is 0 Å². The van der Waals surface area contributed by atoms with Crippen molar-refractivity contribution in [2.24, 2.45) is 0 Å². The van der Waals surface area contributed by atoms with Crippen LogP contribution in [0, 0.1) is 6.92 Å². The van der Waals surface area contributed by atoms with E-state index in [0.29, 0.717) is 0 Å². The molecule has 1 atom stereocenters. The fourth-order valence-electron chi connectivity index (χ4n) is 1.01. The Morgan fingerprint density at radius 2 is 2.27 bits per heavy atom. The van der Waals surface area contributed by atoms with Crippen molar-refractivity contribution in [1.29, 1.82) is 0 Å². The first-order valence-electron chi connectivity index (χ1n) is 3.77. The topological polar surface area (TPSA) is 20.2 Å². The molecule has 0 fully saturated rings. The van der Waals surface area contributed by atoms with Crippen molar-refractivity contribution >= 4 is 0 Å². The van der Waals surface area contributed by atoms with E-state index in [0.717, 1.165) is 11.1 Å². The lowest BCUT2D eigenvalue weighted by atomic mass is 10.0. The average Bonchev–Trinajstić information content (AvgIpc) is 2.03. The van der Waals surface area contributed by atoms with Gasteiger partial charge in [-0.15, -0.1) is 0 Å². The zero-order valence-corrected chi connectivity index (χ0v) is 6.75. The molecule has 0 spiro atoms. The lowest BCUT2D eigenvalue weighted by Crippen LogP contribution is -1.98. The highest BCUT2D eigenvalue weighted by atomic mass is 16.3. The minimum absolute atomic E-state index is 0.198. The molecular formula is C10H13O. The number of aliphatic hydroxyl groups excluding tert-OH is 1. The Labute approximate surface area is 67.7 Å². The van der Waals surface area contributed by atoms with Gasteiger partial charge in [-0.05, 0) is 18.1 Å². The molecule has 11 heavy (non-hydrogen) atoms. The molecule has 0 amide bonds. The number of rotatable bonds is 2. The Balaban J connectivity index is 2.86. The summed E-state index contributed by atoms with van der Waals surface area (Å²) in [5.74, 6) is 0.219. The van der Waals surface area contributed by atoms with Crippen LogP contribution >= 0.6 is 0 Å². The summed E-state index contributed by atoms with van der Waals surface area (Å²) in [5.41, 5.74) is 2.16. The van der Waals surface area contributed by atoms with Gasteiger partial charge in [-0.25, -0.2) is 0 Å². The molecule has 0 aliphatic carbocycles. The molecule has 1 N–H and O–H groups in total. The predicted molar refractivity (Wildman–Crippen MR) is 46.4 cm³/mol. The zero-order chi connectivity index (χ0) is 8.27. The lowest BCUT2D eigenvalue weighted by molar-refractivity contribution is 0.273. The minimum Gasteiger partial charge on any atom is -0.396 e. The summed E-state index contributed by atoms with van der Waals surface area (Å²) in [5, 5.41) is 8.86. The summed E-state index contributed by atoms with van der Waals surface area (Å²) < 4.78 is 0. The van der Waals surface area contributed by atoms with Gasteiger partial charge < -0.3 is 5.11 Å². The number of benzene rings is 1. The van der Waals surface area contributed by atoms with Gasteiger partial charge in [0.2, 0.25) is 0 Å². The third kappa shape index (κ3) is 2.05. The van der Waals surface area contributed by atoms with Crippen molar-refractivity contribution < 1.29 is 5.11 Å². The normalized spacial score (nSPS) is 13.0. The molecule has 1 radical (unpaired) electrons. The second-order valence-electron chi connectivity index (χ2n) is 2.83. The van der Waals surface area contributed by atoms with Gasteiger partial charge in [-0.2, -0.15) is 0 Å². The van der Waals surface area contributed by atoms with E-state index in [1.807, 2.05) is 31.2 Å². The van der Waals surface area contributed by atoms with Gasteiger partial charge in [0, 0.05) is 12.5 Å². The van der Waals surface area contributed by atoms with Crippen molar-refractivity contribution in [3.8, 4) is 0 Å². The van der Waals surface area contributed by atoms with Crippen LogP contribution in [-0.2, 0) is 0 Å². The van der Waals surface area contributed by atoms with Crippen LogP contribution in [0.3, 0.4) is 0 Å². The maximum Gasteiger partial charge on any atom is 0.0497 e. The summed E-state index contributed by atoms with van der Waals surface area (Å²) >= 11 is 0. The van der Waals surface area contributed by atoms with Crippen LogP contribution < -0.4 is 0 Å². The molecule has 59 valence electrons. The molecule has 0 heterocycles. The maximum absolute atomic E-state index is 8.86. The summed E-state index contributed by atoms with van der Waals surface area (Å²) in [6.45, 7) is 6.01. The Hall–Kier alpha value is -0.820. The van der Waals surface area contributed by atoms with Crippen LogP contribution in [0.15, 0.2) is 24.3 Å². The van der Waals surface area contributed by atoms with Crippen LogP contribution in [0.2, 0.25) is 0 Å². The SMILES string of the molecule is [CH2]c1cccc(C(C)CO)c1. The van der Waals surface area contributed by atoms with E-state index < -0.39 is 0 Å². The molecule has 0 aromatic heterocycles. The van der Waals surface area contributed by atoms with Crippen molar-refractivity contribution in [3.63, 3.8) is 0 Å². The third-order valence-electron chi connectivity index (χ3n) is 1.79. The van der Waals surface area contributed by atoms with Gasteiger partial charge in [0.15, 0.2) is 0 Å². The van der Waals surface area contributed by atoms with Gasteiger partial charge in [-0.1, -0.05) is 31.2 Å². The molecule has 1 unspecified atom stereocenters. The zero-order valence-electron chi connectivity index (χ0n) is 6.75. The van der Waals surface area contributed by atoms with E-state index in [1.54, 1.807) is 0 Å². The molecule has 1 aromatic rings. The monoisotopic (exact) mass is 149 g/mol. The van der Waals surface area contributed by atoms with Gasteiger partial charge in [0.1, 0.15) is 0 Å². The van der Waals surface area contributed by atoms with Crippen molar-refractivity contribution in [2.75, 3.05) is 6.61 Å². The summed E-state index contributed by atoms with van der Waals surface area (Å²) in [4.78, 5) is 0. The van der Waals surface area contributed by atoms with E-state index in [9.17, 15) is 0 Å². The summed E-state index contributed by atoms with van der Waals surface area (Å²) in [6.07, 6.45) is 0. The molecule has 1 rings (SSSR count). The average molecular weight is 149 g/mol. The second-order valence-corrected chi connectivity index (χ2v) is 2.83. The quantitative estimate of drug-likeness (QED) is 0.681. The van der Waals surface area contributed by atoms with E-state index in [1.165, 1.54) is 0 Å². The van der Waals surface area contributed by atoms with E-state index in [-0.39, 0.29) is 12.5 Å². The molecule has 1 aromatic carbocycles. The van der Waals surface area contributed by atoms with E-state index >= 15 is 0 Å². The molecule has 0 saturated carbocycles. The maximum atomic E-state index is 8.86. The smallest absolute Gasteiger partial charge is 0.0497 e. The highest BCUT2D eigenvalue weighted by molar-refractivity contribution is 5.27. The van der Waals surface area contributed by atoms with Gasteiger partial charge in [0.05, 0.1) is 0 Å². The standard InChI is InChI=1S/C10H13O/c1-8-4-3-5-10(6-8)9(2)7-11/h3-6,9,11H,1,7H2,2H3. The highest BCUT2D eigenvalue weighted by Crippen LogP contribution is 2.14. The van der Waals surface area contributed by atoms with Crippen molar-refractivity contribution in [1.82, 2.24) is 0 Å². The second kappa shape index (κ2) is 3.54. The lowest BCUT2D eigenvalue weighted by Gasteiger charge is -2.07. The first-order chi connectivity index (χ1) is 5.24. The van der Waals surface area contributed by atoms with Crippen LogP contribution in [0.1, 0.15) is 24.0 Å². The van der Waals surface area contributed by atoms with Crippen molar-refractivity contribution in [2.45, 2.75) is 12.8 Å². The van der Waals surface area contributed by atoms with Crippen LogP contribution in [0.4, 0.5) is 0 Å². The number of hydrogen-bond donors (Lipinski definition) is 1. The first-order valence-corrected chi connectivity index (χ1v) is 3.77. The Bertz CT molecular complexity index is 230. The minimum atomic E-state index is 0.198. The highest BCUT2D eigenvalue weighted by Gasteiger charge is 2.01. The predicted octanol–water partition coefficient (Wildman–Crippen LogP) is 1.96. The van der Waals surface area contributed by atoms with Crippen LogP contribution in [0.5, 0.6) is 0 Å². The molecule has 1 heteroatoms. The van der Waals surface area contributed by atoms with E-state index in [2.05, 4.69) is 6.92 Å². The Morgan fingerprint density at radius 3 is 2.82 bits per heavy atom. The fourth-order valence-corrected chi connectivity index (χ4v) is 1.01. The molecule has 0 bridgehead atoms. The number of aliphatic hydroxyl groups is 1. The fraction of sp³-hybridized carbons (Fsp3) is 0.300. The van der Waals surface area contributed by atoms with Crippen LogP contribution in [0.25, 0.3) is 0 Å². The molecular weight excluding hydrogens is 136 g/mol. The van der Waals surface area contributed by atoms with E-state index in [4.69, 9.17) is 5.11 Å².